The number of rotatable bonds is 12. The van der Waals surface area contributed by atoms with E-state index in [4.69, 9.17) is 0 Å². The van der Waals surface area contributed by atoms with Gasteiger partial charge in [0.15, 0.2) is 5.82 Å². The molecule has 3 aromatic carbocycles. The number of benzene rings is 3. The summed E-state index contributed by atoms with van der Waals surface area (Å²) in [6, 6.07) is 19.3. The van der Waals surface area contributed by atoms with Gasteiger partial charge in [0, 0.05) is 36.3 Å². The molecule has 13 heteroatoms. The van der Waals surface area contributed by atoms with Crippen molar-refractivity contribution in [1.82, 2.24) is 41.5 Å². The van der Waals surface area contributed by atoms with Crippen LogP contribution in [0.5, 0.6) is 0 Å². The van der Waals surface area contributed by atoms with Gasteiger partial charge < -0.3 is 20.9 Å². The first-order valence-electron chi connectivity index (χ1n) is 18.0. The van der Waals surface area contributed by atoms with Crippen LogP contribution in [0.1, 0.15) is 87.5 Å². The van der Waals surface area contributed by atoms with Crippen molar-refractivity contribution in [2.45, 2.75) is 75.9 Å². The highest BCUT2D eigenvalue weighted by molar-refractivity contribution is 5.95. The molecule has 4 N–H and O–H groups in total. The topological polar surface area (TPSA) is 169 Å². The van der Waals surface area contributed by atoms with Crippen LogP contribution in [0.2, 0.25) is 0 Å². The van der Waals surface area contributed by atoms with Crippen molar-refractivity contribution >= 4 is 17.7 Å². The highest BCUT2D eigenvalue weighted by Gasteiger charge is 2.54. The molecule has 3 amide bonds. The SMILES string of the molecule is CCNC(=O)c1ccc2c(c1)CCc1cc(C(=O)NCC)ccc1C2(C[C@H](Cc1ccc(F)cc1)NCC(=O)N1C(C#N)C[C@@H]2C[C@@H]21)c1nnn[nH]1. The van der Waals surface area contributed by atoms with E-state index in [1.165, 1.54) is 12.1 Å². The van der Waals surface area contributed by atoms with E-state index >= 15 is 0 Å². The molecule has 1 saturated carbocycles. The number of carbonyl (C=O) groups excluding carboxylic acids is 3. The molecule has 1 aliphatic heterocycles. The summed E-state index contributed by atoms with van der Waals surface area (Å²) in [7, 11) is 0. The second kappa shape index (κ2) is 14.6. The summed E-state index contributed by atoms with van der Waals surface area (Å²) in [5.41, 5.74) is 4.54. The van der Waals surface area contributed by atoms with Gasteiger partial charge in [0.2, 0.25) is 5.91 Å². The molecule has 3 aliphatic rings. The van der Waals surface area contributed by atoms with Crippen LogP contribution >= 0.6 is 0 Å². The lowest BCUT2D eigenvalue weighted by atomic mass is 9.67. The molecule has 0 radical (unpaired) electrons. The van der Waals surface area contributed by atoms with E-state index in [2.05, 4.69) is 42.6 Å². The Kier molecular flexibility index (Phi) is 9.83. The fourth-order valence-electron chi connectivity index (χ4n) is 8.31. The average Bonchev–Trinajstić information content (AvgIpc) is 3.53. The minimum atomic E-state index is -1.03. The molecular weight excluding hydrogens is 661 g/mol. The van der Waals surface area contributed by atoms with Gasteiger partial charge in [-0.2, -0.15) is 5.26 Å². The summed E-state index contributed by atoms with van der Waals surface area (Å²) in [6.45, 7) is 4.72. The molecule has 2 heterocycles. The number of fused-ring (bicyclic) bond motifs is 3. The molecule has 2 fully saturated rings. The molecule has 1 aromatic heterocycles. The summed E-state index contributed by atoms with van der Waals surface area (Å²) < 4.78 is 14.1. The number of nitrogens with zero attached hydrogens (tertiary/aromatic N) is 5. The quantitative estimate of drug-likeness (QED) is 0.174. The van der Waals surface area contributed by atoms with Gasteiger partial charge in [-0.25, -0.2) is 9.49 Å². The number of aromatic amines is 1. The molecule has 4 atom stereocenters. The number of tetrazole rings is 1. The summed E-state index contributed by atoms with van der Waals surface area (Å²) >= 11 is 0. The Hall–Kier alpha value is -5.48. The van der Waals surface area contributed by atoms with E-state index in [1.54, 1.807) is 17.0 Å². The molecule has 12 nitrogen and oxygen atoms in total. The van der Waals surface area contributed by atoms with E-state index in [1.807, 2.05) is 50.2 Å². The molecular formula is C39H42FN9O3. The number of halogens is 1. The van der Waals surface area contributed by atoms with Crippen LogP contribution in [0.3, 0.4) is 0 Å². The van der Waals surface area contributed by atoms with Gasteiger partial charge in [0.05, 0.1) is 18.0 Å². The minimum Gasteiger partial charge on any atom is -0.352 e. The predicted molar refractivity (Wildman–Crippen MR) is 190 cm³/mol. The number of aromatic nitrogens is 4. The maximum absolute atomic E-state index is 14.1. The van der Waals surface area contributed by atoms with Gasteiger partial charge >= 0.3 is 0 Å². The lowest BCUT2D eigenvalue weighted by Gasteiger charge is -2.38. The Bertz CT molecular complexity index is 1940. The van der Waals surface area contributed by atoms with E-state index in [-0.39, 0.29) is 42.2 Å². The first kappa shape index (κ1) is 34.9. The maximum Gasteiger partial charge on any atom is 0.251 e. The van der Waals surface area contributed by atoms with Crippen molar-refractivity contribution < 1.29 is 18.8 Å². The Balaban J connectivity index is 1.35. The first-order chi connectivity index (χ1) is 25.2. The van der Waals surface area contributed by atoms with E-state index in [0.29, 0.717) is 68.1 Å². The van der Waals surface area contributed by atoms with Crippen molar-refractivity contribution in [3.63, 3.8) is 0 Å². The minimum absolute atomic E-state index is 0.00393. The summed E-state index contributed by atoms with van der Waals surface area (Å²) in [5, 5.41) is 34.7. The number of H-pyrrole nitrogens is 1. The first-order valence-corrected chi connectivity index (χ1v) is 18.0. The van der Waals surface area contributed by atoms with Gasteiger partial charge in [0.1, 0.15) is 11.9 Å². The molecule has 52 heavy (non-hydrogen) atoms. The van der Waals surface area contributed by atoms with Gasteiger partial charge in [-0.3, -0.25) is 14.4 Å². The van der Waals surface area contributed by atoms with Crippen LogP contribution in [-0.2, 0) is 29.5 Å². The largest absolute Gasteiger partial charge is 0.352 e. The average molecular weight is 704 g/mol. The molecule has 1 saturated heterocycles. The number of hydrogen-bond acceptors (Lipinski definition) is 8. The van der Waals surface area contributed by atoms with Crippen molar-refractivity contribution in [2.75, 3.05) is 19.6 Å². The molecule has 4 aromatic rings. The predicted octanol–water partition coefficient (Wildman–Crippen LogP) is 3.38. The highest BCUT2D eigenvalue weighted by Crippen LogP contribution is 2.49. The van der Waals surface area contributed by atoms with Gasteiger partial charge in [-0.05, 0) is 133 Å². The van der Waals surface area contributed by atoms with Crippen molar-refractivity contribution in [1.29, 1.82) is 5.26 Å². The number of hydrogen-bond donors (Lipinski definition) is 4. The standard InChI is InChI=1S/C39H42FN9O3/c1-3-42-36(51)26-9-13-32-24(16-26)7-8-25-17-27(37(52)43-4-2)10-14-33(25)39(32,38-45-47-48-46-38)20-30(15-23-5-11-29(40)12-6-23)44-22-35(50)49-31(21-41)18-28-19-34(28)49/h5-6,9-14,16-17,28,30-31,34,44H,3-4,7-8,15,18-20,22H2,1-2H3,(H,42,51)(H,43,52)(H,45,46,47,48)/t28-,30+,31?,34+/m1/s1. The Labute approximate surface area is 301 Å². The third kappa shape index (κ3) is 6.66. The fourth-order valence-corrected chi connectivity index (χ4v) is 8.31. The van der Waals surface area contributed by atoms with Crippen LogP contribution in [0.25, 0.3) is 0 Å². The fraction of sp³-hybridized carbons (Fsp3) is 0.410. The van der Waals surface area contributed by atoms with Crippen LogP contribution in [0.15, 0.2) is 60.7 Å². The van der Waals surface area contributed by atoms with Crippen LogP contribution in [0.4, 0.5) is 4.39 Å². The molecule has 7 rings (SSSR count). The van der Waals surface area contributed by atoms with Crippen LogP contribution in [0, 0.1) is 23.1 Å². The van der Waals surface area contributed by atoms with E-state index in [0.717, 1.165) is 34.2 Å². The molecule has 1 unspecified atom stereocenters. The number of carbonyl (C=O) groups is 3. The van der Waals surface area contributed by atoms with Crippen LogP contribution < -0.4 is 16.0 Å². The van der Waals surface area contributed by atoms with Crippen molar-refractivity contribution in [2.24, 2.45) is 5.92 Å². The molecule has 0 bridgehead atoms. The Morgan fingerprint density at radius 2 is 1.60 bits per heavy atom. The maximum atomic E-state index is 14.1. The number of amides is 3. The number of nitriles is 1. The lowest BCUT2D eigenvalue weighted by molar-refractivity contribution is -0.131. The normalized spacial score (nSPS) is 20.0. The third-order valence-corrected chi connectivity index (χ3v) is 10.8. The highest BCUT2D eigenvalue weighted by atomic mass is 19.1. The second-order valence-electron chi connectivity index (χ2n) is 14.0. The summed E-state index contributed by atoms with van der Waals surface area (Å²) in [4.78, 5) is 41.6. The zero-order valence-corrected chi connectivity index (χ0v) is 29.3. The summed E-state index contributed by atoms with van der Waals surface area (Å²) in [5.74, 6) is 0.0234. The number of piperidine rings is 1. The van der Waals surface area contributed by atoms with Gasteiger partial charge in [-0.1, -0.05) is 24.3 Å². The Morgan fingerprint density at radius 1 is 0.962 bits per heavy atom. The Morgan fingerprint density at radius 3 is 2.15 bits per heavy atom. The lowest BCUT2D eigenvalue weighted by Crippen LogP contribution is -2.48. The van der Waals surface area contributed by atoms with E-state index in [9.17, 15) is 24.0 Å². The van der Waals surface area contributed by atoms with Crippen molar-refractivity contribution in [3.8, 4) is 6.07 Å². The molecule has 0 spiro atoms. The zero-order chi connectivity index (χ0) is 36.4. The van der Waals surface area contributed by atoms with E-state index < -0.39 is 11.5 Å². The summed E-state index contributed by atoms with van der Waals surface area (Å²) in [6.07, 6.45) is 3.58. The molecule has 268 valence electrons. The monoisotopic (exact) mass is 703 g/mol. The van der Waals surface area contributed by atoms with Crippen molar-refractivity contribution in [3.05, 3.63) is 111 Å². The number of aryl methyl sites for hydroxylation is 2. The molecule has 2 aliphatic carbocycles. The van der Waals surface area contributed by atoms with Crippen LogP contribution in [-0.4, -0.2) is 81.0 Å². The van der Waals surface area contributed by atoms with Gasteiger partial charge in [-0.15, -0.1) is 5.10 Å². The zero-order valence-electron chi connectivity index (χ0n) is 29.3. The van der Waals surface area contributed by atoms with Gasteiger partial charge in [0.25, 0.3) is 11.8 Å². The third-order valence-electron chi connectivity index (χ3n) is 10.8. The number of likely N-dealkylation sites (tertiary alicyclic amines) is 1. The number of nitrogens with one attached hydrogen (secondary N) is 4. The second-order valence-corrected chi connectivity index (χ2v) is 14.0. The smallest absolute Gasteiger partial charge is 0.251 e.